The van der Waals surface area contributed by atoms with Gasteiger partial charge in [0, 0.05) is 38.9 Å². The number of benzene rings is 1. The lowest BCUT2D eigenvalue weighted by molar-refractivity contribution is -0.121. The van der Waals surface area contributed by atoms with E-state index in [1.807, 2.05) is 42.5 Å². The molecule has 5 nitrogen and oxygen atoms in total. The lowest BCUT2D eigenvalue weighted by Gasteiger charge is -2.08. The van der Waals surface area contributed by atoms with Crippen molar-refractivity contribution >= 4 is 5.91 Å². The number of ether oxygens (including phenoxy) is 2. The molecule has 0 spiro atoms. The van der Waals surface area contributed by atoms with E-state index >= 15 is 0 Å². The van der Waals surface area contributed by atoms with Crippen molar-refractivity contribution in [3.8, 4) is 5.88 Å². The van der Waals surface area contributed by atoms with Crippen LogP contribution in [0.15, 0.2) is 48.7 Å². The Morgan fingerprint density at radius 3 is 2.75 bits per heavy atom. The van der Waals surface area contributed by atoms with Crippen molar-refractivity contribution in [3.05, 3.63) is 59.8 Å². The largest absolute Gasteiger partial charge is 0.473 e. The fourth-order valence-corrected chi connectivity index (χ4v) is 2.19. The van der Waals surface area contributed by atoms with Gasteiger partial charge in [-0.05, 0) is 30.0 Å². The number of unbranched alkanes of at least 4 members (excludes halogenated alkanes) is 1. The maximum atomic E-state index is 11.8. The molecule has 1 amide bonds. The molecule has 1 N–H and O–H groups in total. The fraction of sp³-hybridized carbons (Fsp3) is 0.368. The molecule has 0 fully saturated rings. The van der Waals surface area contributed by atoms with Crippen LogP contribution in [0.5, 0.6) is 5.88 Å². The molecule has 0 bridgehead atoms. The predicted octanol–water partition coefficient (Wildman–Crippen LogP) is 3.09. The molecule has 1 heterocycles. The number of nitrogens with zero attached hydrogens (tertiary/aromatic N) is 1. The molecule has 5 heteroatoms. The molecule has 0 saturated heterocycles. The highest BCUT2D eigenvalue weighted by molar-refractivity contribution is 5.75. The van der Waals surface area contributed by atoms with E-state index < -0.39 is 0 Å². The standard InChI is InChI=1S/C19H24N2O3/c1-23-12-6-5-9-18(22)21-14-17-10-11-20-19(13-17)24-15-16-7-3-2-4-8-16/h2-4,7-8,10-11,13H,5-6,9,12,14-15H2,1H3,(H,21,22). The zero-order chi connectivity index (χ0) is 17.0. The molecule has 0 aliphatic carbocycles. The van der Waals surface area contributed by atoms with Crippen molar-refractivity contribution in [3.63, 3.8) is 0 Å². The van der Waals surface area contributed by atoms with Crippen LogP contribution in [0.4, 0.5) is 0 Å². The van der Waals surface area contributed by atoms with Crippen LogP contribution >= 0.6 is 0 Å². The first-order valence-corrected chi connectivity index (χ1v) is 8.15. The van der Waals surface area contributed by atoms with Gasteiger partial charge < -0.3 is 14.8 Å². The van der Waals surface area contributed by atoms with Gasteiger partial charge in [0.25, 0.3) is 0 Å². The van der Waals surface area contributed by atoms with E-state index in [0.717, 1.165) is 24.0 Å². The minimum absolute atomic E-state index is 0.0506. The number of amides is 1. The zero-order valence-electron chi connectivity index (χ0n) is 14.0. The van der Waals surface area contributed by atoms with Gasteiger partial charge in [0.2, 0.25) is 11.8 Å². The molecule has 2 aromatic rings. The zero-order valence-corrected chi connectivity index (χ0v) is 14.0. The SMILES string of the molecule is COCCCCC(=O)NCc1ccnc(OCc2ccccc2)c1. The van der Waals surface area contributed by atoms with Crippen LogP contribution in [0.2, 0.25) is 0 Å². The van der Waals surface area contributed by atoms with E-state index in [1.165, 1.54) is 0 Å². The van der Waals surface area contributed by atoms with Crippen LogP contribution in [-0.2, 0) is 22.7 Å². The summed E-state index contributed by atoms with van der Waals surface area (Å²) in [5.41, 5.74) is 2.06. The number of rotatable bonds is 10. The van der Waals surface area contributed by atoms with E-state index in [1.54, 1.807) is 13.3 Å². The van der Waals surface area contributed by atoms with E-state index in [0.29, 0.717) is 32.1 Å². The quantitative estimate of drug-likeness (QED) is 0.681. The number of aromatic nitrogens is 1. The molecule has 1 aromatic heterocycles. The van der Waals surface area contributed by atoms with E-state index in [-0.39, 0.29) is 5.91 Å². The molecule has 24 heavy (non-hydrogen) atoms. The third-order valence-corrected chi connectivity index (χ3v) is 3.52. The summed E-state index contributed by atoms with van der Waals surface area (Å²) in [4.78, 5) is 16.0. The Bertz CT molecular complexity index is 617. The first-order valence-electron chi connectivity index (χ1n) is 8.15. The Balaban J connectivity index is 1.75. The van der Waals surface area contributed by atoms with E-state index in [9.17, 15) is 4.79 Å². The van der Waals surface area contributed by atoms with Crippen molar-refractivity contribution in [1.82, 2.24) is 10.3 Å². The van der Waals surface area contributed by atoms with Crippen molar-refractivity contribution in [2.75, 3.05) is 13.7 Å². The smallest absolute Gasteiger partial charge is 0.220 e. The molecule has 0 aliphatic rings. The van der Waals surface area contributed by atoms with Crippen molar-refractivity contribution in [1.29, 1.82) is 0 Å². The highest BCUT2D eigenvalue weighted by Gasteiger charge is 2.03. The molecular weight excluding hydrogens is 304 g/mol. The van der Waals surface area contributed by atoms with Gasteiger partial charge in [-0.15, -0.1) is 0 Å². The highest BCUT2D eigenvalue weighted by atomic mass is 16.5. The van der Waals surface area contributed by atoms with Gasteiger partial charge in [-0.3, -0.25) is 4.79 Å². The van der Waals surface area contributed by atoms with Gasteiger partial charge in [0.15, 0.2) is 0 Å². The minimum atomic E-state index is 0.0506. The molecule has 1 aromatic carbocycles. The molecule has 0 unspecified atom stereocenters. The Morgan fingerprint density at radius 1 is 1.12 bits per heavy atom. The normalized spacial score (nSPS) is 10.4. The fourth-order valence-electron chi connectivity index (χ4n) is 2.19. The van der Waals surface area contributed by atoms with Crippen molar-refractivity contribution in [2.24, 2.45) is 0 Å². The summed E-state index contributed by atoms with van der Waals surface area (Å²) in [5.74, 6) is 0.611. The van der Waals surface area contributed by atoms with Crippen molar-refractivity contribution in [2.45, 2.75) is 32.4 Å². The highest BCUT2D eigenvalue weighted by Crippen LogP contribution is 2.12. The Kier molecular flexibility index (Phi) is 7.77. The van der Waals surface area contributed by atoms with Crippen LogP contribution in [0.1, 0.15) is 30.4 Å². The molecule has 2 rings (SSSR count). The monoisotopic (exact) mass is 328 g/mol. The number of carbonyl (C=O) groups is 1. The third-order valence-electron chi connectivity index (χ3n) is 3.52. The number of methoxy groups -OCH3 is 1. The molecular formula is C19H24N2O3. The van der Waals surface area contributed by atoms with Gasteiger partial charge in [-0.2, -0.15) is 0 Å². The number of pyridine rings is 1. The van der Waals surface area contributed by atoms with Crippen LogP contribution in [0, 0.1) is 0 Å². The first-order chi connectivity index (χ1) is 11.8. The maximum absolute atomic E-state index is 11.8. The lowest BCUT2D eigenvalue weighted by atomic mass is 10.2. The van der Waals surface area contributed by atoms with E-state index in [2.05, 4.69) is 10.3 Å². The average molecular weight is 328 g/mol. The number of hydrogen-bond donors (Lipinski definition) is 1. The number of hydrogen-bond acceptors (Lipinski definition) is 4. The van der Waals surface area contributed by atoms with Crippen molar-refractivity contribution < 1.29 is 14.3 Å². The first kappa shape index (κ1) is 17.9. The van der Waals surface area contributed by atoms with Crippen LogP contribution < -0.4 is 10.1 Å². The summed E-state index contributed by atoms with van der Waals surface area (Å²) in [6.45, 7) is 1.65. The summed E-state index contributed by atoms with van der Waals surface area (Å²) in [6, 6.07) is 13.7. The Hall–Kier alpha value is -2.40. The van der Waals surface area contributed by atoms with Gasteiger partial charge in [-0.25, -0.2) is 4.98 Å². The van der Waals surface area contributed by atoms with Crippen LogP contribution in [-0.4, -0.2) is 24.6 Å². The lowest BCUT2D eigenvalue weighted by Crippen LogP contribution is -2.22. The summed E-state index contributed by atoms with van der Waals surface area (Å²) in [7, 11) is 1.67. The number of carbonyl (C=O) groups excluding carboxylic acids is 1. The molecule has 0 radical (unpaired) electrons. The molecule has 0 aliphatic heterocycles. The summed E-state index contributed by atoms with van der Waals surface area (Å²) >= 11 is 0. The molecule has 0 saturated carbocycles. The summed E-state index contributed by atoms with van der Waals surface area (Å²) < 4.78 is 10.7. The minimum Gasteiger partial charge on any atom is -0.473 e. The second-order valence-corrected chi connectivity index (χ2v) is 5.50. The van der Waals surface area contributed by atoms with Crippen LogP contribution in [0.25, 0.3) is 0 Å². The van der Waals surface area contributed by atoms with Gasteiger partial charge >= 0.3 is 0 Å². The van der Waals surface area contributed by atoms with Crippen LogP contribution in [0.3, 0.4) is 0 Å². The summed E-state index contributed by atoms with van der Waals surface area (Å²) in [6.07, 6.45) is 3.95. The molecule has 128 valence electrons. The second-order valence-electron chi connectivity index (χ2n) is 5.50. The summed E-state index contributed by atoms with van der Waals surface area (Å²) in [5, 5.41) is 2.91. The number of nitrogens with one attached hydrogen (secondary N) is 1. The predicted molar refractivity (Wildman–Crippen MR) is 92.6 cm³/mol. The Labute approximate surface area is 143 Å². The van der Waals surface area contributed by atoms with Gasteiger partial charge in [0.05, 0.1) is 0 Å². The van der Waals surface area contributed by atoms with E-state index in [4.69, 9.17) is 9.47 Å². The third kappa shape index (κ3) is 6.79. The second kappa shape index (κ2) is 10.4. The molecule has 0 atom stereocenters. The average Bonchev–Trinajstić information content (AvgIpc) is 2.63. The topological polar surface area (TPSA) is 60.5 Å². The Morgan fingerprint density at radius 2 is 1.96 bits per heavy atom. The maximum Gasteiger partial charge on any atom is 0.220 e. The van der Waals surface area contributed by atoms with Gasteiger partial charge in [0.1, 0.15) is 6.61 Å². The van der Waals surface area contributed by atoms with Gasteiger partial charge in [-0.1, -0.05) is 30.3 Å².